The van der Waals surface area contributed by atoms with Crippen LogP contribution >= 0.6 is 11.3 Å². The van der Waals surface area contributed by atoms with Crippen molar-refractivity contribution >= 4 is 22.2 Å². The molecule has 2 aliphatic heterocycles. The van der Waals surface area contributed by atoms with Gasteiger partial charge in [-0.3, -0.25) is 14.1 Å². The zero-order valence-electron chi connectivity index (χ0n) is 12.1. The molecule has 4 rings (SSSR count). The molecule has 2 saturated heterocycles. The Balaban J connectivity index is 1.48. The topological polar surface area (TPSA) is 70.3 Å². The minimum atomic E-state index is -0.509. The van der Waals surface area contributed by atoms with Gasteiger partial charge >= 0.3 is 0 Å². The summed E-state index contributed by atoms with van der Waals surface area (Å²) in [5.41, 5.74) is 0.446. The Morgan fingerprint density at radius 3 is 2.95 bits per heavy atom. The summed E-state index contributed by atoms with van der Waals surface area (Å²) in [5, 5.41) is 12.2. The maximum absolute atomic E-state index is 12.6. The maximum Gasteiger partial charge on any atom is 0.274 e. The van der Waals surface area contributed by atoms with Crippen LogP contribution in [0.3, 0.4) is 0 Å². The zero-order valence-corrected chi connectivity index (χ0v) is 12.9. The molecule has 8 heteroatoms. The molecule has 7 nitrogen and oxygen atoms in total. The van der Waals surface area contributed by atoms with E-state index in [0.717, 1.165) is 18.1 Å². The van der Waals surface area contributed by atoms with Crippen LogP contribution < -0.4 is 0 Å². The summed E-state index contributed by atoms with van der Waals surface area (Å²) in [7, 11) is 0. The fraction of sp³-hybridized carbons (Fsp3) is 0.571. The van der Waals surface area contributed by atoms with Gasteiger partial charge in [0.1, 0.15) is 5.69 Å². The van der Waals surface area contributed by atoms with Gasteiger partial charge in [-0.2, -0.15) is 0 Å². The second-order valence-electron chi connectivity index (χ2n) is 5.71. The molecule has 2 aromatic rings. The van der Waals surface area contributed by atoms with E-state index in [1.807, 2.05) is 16.0 Å². The standard InChI is InChI=1S/C14H18N4O3S/c19-12-9-18(8-11(12)16-1-4-21-5-2-16)13(20)10-7-17-3-6-22-14(17)15-10/h3,6-7,11-12,19H,1-2,4-5,8-9H2/t11-,12-/m0/s1. The van der Waals surface area contributed by atoms with Crippen LogP contribution in [0, 0.1) is 0 Å². The van der Waals surface area contributed by atoms with Crippen LogP contribution in [0.25, 0.3) is 4.96 Å². The molecule has 4 heterocycles. The number of rotatable bonds is 2. The van der Waals surface area contributed by atoms with E-state index >= 15 is 0 Å². The maximum atomic E-state index is 12.6. The minimum absolute atomic E-state index is 0.00316. The van der Waals surface area contributed by atoms with Gasteiger partial charge in [-0.25, -0.2) is 4.98 Å². The number of aliphatic hydroxyl groups excluding tert-OH is 1. The SMILES string of the molecule is O=C(c1cn2ccsc2n1)N1C[C@H](O)[C@@H](N2CCOCC2)C1. The first-order valence-electron chi connectivity index (χ1n) is 7.44. The summed E-state index contributed by atoms with van der Waals surface area (Å²) >= 11 is 1.50. The molecule has 2 fully saturated rings. The van der Waals surface area contributed by atoms with Gasteiger partial charge in [0.05, 0.1) is 25.4 Å². The van der Waals surface area contributed by atoms with Crippen molar-refractivity contribution in [1.82, 2.24) is 19.2 Å². The minimum Gasteiger partial charge on any atom is -0.390 e. The zero-order chi connectivity index (χ0) is 15.1. The molecule has 1 N–H and O–H groups in total. The third kappa shape index (κ3) is 2.41. The van der Waals surface area contributed by atoms with Gasteiger partial charge in [-0.15, -0.1) is 11.3 Å². The monoisotopic (exact) mass is 322 g/mol. The first-order valence-corrected chi connectivity index (χ1v) is 8.31. The Bertz CT molecular complexity index is 650. The van der Waals surface area contributed by atoms with Crippen molar-refractivity contribution in [2.75, 3.05) is 39.4 Å². The molecular formula is C14H18N4O3S. The van der Waals surface area contributed by atoms with E-state index in [1.165, 1.54) is 11.3 Å². The number of carbonyl (C=O) groups excluding carboxylic acids is 1. The van der Waals surface area contributed by atoms with E-state index in [-0.39, 0.29) is 11.9 Å². The predicted octanol–water partition coefficient (Wildman–Crippen LogP) is -0.0867. The molecule has 118 valence electrons. The molecule has 0 saturated carbocycles. The summed E-state index contributed by atoms with van der Waals surface area (Å²) < 4.78 is 7.20. The predicted molar refractivity (Wildman–Crippen MR) is 81.2 cm³/mol. The highest BCUT2D eigenvalue weighted by Crippen LogP contribution is 2.20. The number of carbonyl (C=O) groups is 1. The van der Waals surface area contributed by atoms with Crippen LogP contribution in [-0.2, 0) is 4.74 Å². The number of aliphatic hydroxyl groups is 1. The van der Waals surface area contributed by atoms with Gasteiger partial charge in [0.2, 0.25) is 0 Å². The van der Waals surface area contributed by atoms with E-state index in [2.05, 4.69) is 9.88 Å². The van der Waals surface area contributed by atoms with E-state index in [0.29, 0.717) is 32.0 Å². The van der Waals surface area contributed by atoms with Gasteiger partial charge in [0.25, 0.3) is 5.91 Å². The first-order chi connectivity index (χ1) is 10.7. The number of thiazole rings is 1. The summed E-state index contributed by atoms with van der Waals surface area (Å²) in [4.78, 5) is 21.7. The highest BCUT2D eigenvalue weighted by Gasteiger charge is 2.38. The highest BCUT2D eigenvalue weighted by molar-refractivity contribution is 7.15. The lowest BCUT2D eigenvalue weighted by Gasteiger charge is -2.33. The van der Waals surface area contributed by atoms with Crippen molar-refractivity contribution in [3.63, 3.8) is 0 Å². The number of morpholine rings is 1. The Labute approximate surface area is 131 Å². The molecule has 0 unspecified atom stereocenters. The van der Waals surface area contributed by atoms with Gasteiger partial charge < -0.3 is 14.7 Å². The van der Waals surface area contributed by atoms with Crippen LogP contribution in [0.1, 0.15) is 10.5 Å². The number of hydrogen-bond donors (Lipinski definition) is 1. The number of fused-ring (bicyclic) bond motifs is 1. The van der Waals surface area contributed by atoms with Crippen molar-refractivity contribution in [3.8, 4) is 0 Å². The summed E-state index contributed by atoms with van der Waals surface area (Å²) in [6.07, 6.45) is 3.13. The summed E-state index contributed by atoms with van der Waals surface area (Å²) in [5.74, 6) is -0.106. The molecular weight excluding hydrogens is 304 g/mol. The van der Waals surface area contributed by atoms with Crippen LogP contribution in [0.4, 0.5) is 0 Å². The van der Waals surface area contributed by atoms with Crippen molar-refractivity contribution in [2.45, 2.75) is 12.1 Å². The molecule has 0 aromatic carbocycles. The Hall–Kier alpha value is -1.48. The summed E-state index contributed by atoms with van der Waals surface area (Å²) in [6, 6.07) is -0.00316. The smallest absolute Gasteiger partial charge is 0.274 e. The molecule has 22 heavy (non-hydrogen) atoms. The van der Waals surface area contributed by atoms with Crippen molar-refractivity contribution in [3.05, 3.63) is 23.5 Å². The van der Waals surface area contributed by atoms with Crippen LogP contribution in [0.5, 0.6) is 0 Å². The quantitative estimate of drug-likeness (QED) is 0.837. The van der Waals surface area contributed by atoms with E-state index in [4.69, 9.17) is 4.74 Å². The van der Waals surface area contributed by atoms with Crippen molar-refractivity contribution < 1.29 is 14.6 Å². The van der Waals surface area contributed by atoms with Crippen LogP contribution in [-0.4, -0.2) is 81.7 Å². The van der Waals surface area contributed by atoms with Gasteiger partial charge in [0, 0.05) is 44.0 Å². The first kappa shape index (κ1) is 14.1. The van der Waals surface area contributed by atoms with E-state index in [9.17, 15) is 9.90 Å². The molecule has 2 atom stereocenters. The molecule has 0 aliphatic carbocycles. The lowest BCUT2D eigenvalue weighted by molar-refractivity contribution is -0.00611. The van der Waals surface area contributed by atoms with Gasteiger partial charge in [-0.05, 0) is 0 Å². The fourth-order valence-electron chi connectivity index (χ4n) is 3.20. The Morgan fingerprint density at radius 2 is 2.18 bits per heavy atom. The average Bonchev–Trinajstić information content (AvgIpc) is 3.21. The molecule has 2 aromatic heterocycles. The molecule has 1 amide bonds. The number of β-amino-alcohol motifs (C(OH)–C–C–N with tert-alkyl or cyclic N) is 1. The lowest BCUT2D eigenvalue weighted by Crippen LogP contribution is -2.49. The number of nitrogens with zero attached hydrogens (tertiary/aromatic N) is 4. The number of imidazole rings is 1. The van der Waals surface area contributed by atoms with Crippen LogP contribution in [0.15, 0.2) is 17.8 Å². The largest absolute Gasteiger partial charge is 0.390 e. The normalized spacial score (nSPS) is 26.9. The van der Waals surface area contributed by atoms with Crippen molar-refractivity contribution in [1.29, 1.82) is 0 Å². The lowest BCUT2D eigenvalue weighted by atomic mass is 10.2. The van der Waals surface area contributed by atoms with Gasteiger partial charge in [0.15, 0.2) is 4.96 Å². The number of amides is 1. The third-order valence-electron chi connectivity index (χ3n) is 4.37. The van der Waals surface area contributed by atoms with E-state index < -0.39 is 6.10 Å². The molecule has 0 radical (unpaired) electrons. The number of hydrogen-bond acceptors (Lipinski definition) is 6. The molecule has 0 spiro atoms. The average molecular weight is 322 g/mol. The van der Waals surface area contributed by atoms with Crippen molar-refractivity contribution in [2.24, 2.45) is 0 Å². The third-order valence-corrected chi connectivity index (χ3v) is 5.14. The number of aromatic nitrogens is 2. The highest BCUT2D eigenvalue weighted by atomic mass is 32.1. The molecule has 0 bridgehead atoms. The van der Waals surface area contributed by atoms with E-state index in [1.54, 1.807) is 11.1 Å². The number of likely N-dealkylation sites (tertiary alicyclic amines) is 1. The number of ether oxygens (including phenoxy) is 1. The second-order valence-corrected chi connectivity index (χ2v) is 6.59. The Morgan fingerprint density at radius 1 is 1.36 bits per heavy atom. The van der Waals surface area contributed by atoms with Gasteiger partial charge in [-0.1, -0.05) is 0 Å². The second kappa shape index (κ2) is 5.62. The molecule has 2 aliphatic rings. The fourth-order valence-corrected chi connectivity index (χ4v) is 3.90. The van der Waals surface area contributed by atoms with Crippen LogP contribution in [0.2, 0.25) is 0 Å². The Kier molecular flexibility index (Phi) is 3.61. The summed E-state index contributed by atoms with van der Waals surface area (Å²) in [6.45, 7) is 3.91.